The Bertz CT molecular complexity index is 314. The van der Waals surface area contributed by atoms with E-state index in [2.05, 4.69) is 10.3 Å². The van der Waals surface area contributed by atoms with Crippen LogP contribution in [0.3, 0.4) is 0 Å². The van der Waals surface area contributed by atoms with Crippen molar-refractivity contribution < 1.29 is 9.90 Å². The summed E-state index contributed by atoms with van der Waals surface area (Å²) in [6.45, 7) is 0. The molecule has 12 heavy (non-hydrogen) atoms. The number of carbonyl (C=O) groups is 1. The number of halogens is 1. The van der Waals surface area contributed by atoms with E-state index in [0.717, 1.165) is 0 Å². The molecule has 0 spiro atoms. The average Bonchev–Trinajstić information content (AvgIpc) is 2.03. The van der Waals surface area contributed by atoms with Crippen LogP contribution in [-0.2, 0) is 0 Å². The smallest absolute Gasteiger partial charge is 0.337 e. The van der Waals surface area contributed by atoms with Crippen molar-refractivity contribution in [2.45, 2.75) is 0 Å². The number of carboxylic acid groups (broad SMARTS) is 1. The average molecular weight is 187 g/mol. The first-order valence-electron chi connectivity index (χ1n) is 3.22. The lowest BCUT2D eigenvalue weighted by molar-refractivity contribution is 0.0698. The summed E-state index contributed by atoms with van der Waals surface area (Å²) in [4.78, 5) is 14.3. The second kappa shape index (κ2) is 3.40. The SMILES string of the molecule is CNc1c(C(=O)O)ccnc1Cl. The van der Waals surface area contributed by atoms with Gasteiger partial charge in [0.05, 0.1) is 11.3 Å². The summed E-state index contributed by atoms with van der Waals surface area (Å²) in [6, 6.07) is 1.39. The fourth-order valence-corrected chi connectivity index (χ4v) is 1.10. The van der Waals surface area contributed by atoms with Crippen molar-refractivity contribution in [3.8, 4) is 0 Å². The quantitative estimate of drug-likeness (QED) is 0.687. The minimum atomic E-state index is -1.02. The van der Waals surface area contributed by atoms with Crippen LogP contribution in [-0.4, -0.2) is 23.1 Å². The maximum Gasteiger partial charge on any atom is 0.337 e. The fraction of sp³-hybridized carbons (Fsp3) is 0.143. The van der Waals surface area contributed by atoms with Gasteiger partial charge in [0.2, 0.25) is 0 Å². The van der Waals surface area contributed by atoms with E-state index in [1.807, 2.05) is 0 Å². The zero-order valence-corrected chi connectivity index (χ0v) is 7.09. The molecule has 1 aromatic heterocycles. The number of aromatic nitrogens is 1. The van der Waals surface area contributed by atoms with Gasteiger partial charge in [-0.2, -0.15) is 0 Å². The van der Waals surface area contributed by atoms with Crippen LogP contribution in [0.5, 0.6) is 0 Å². The summed E-state index contributed by atoms with van der Waals surface area (Å²) in [7, 11) is 1.59. The third-order valence-corrected chi connectivity index (χ3v) is 1.67. The third-order valence-electron chi connectivity index (χ3n) is 1.39. The molecule has 0 saturated carbocycles. The van der Waals surface area contributed by atoms with Gasteiger partial charge in [0, 0.05) is 13.2 Å². The molecule has 0 radical (unpaired) electrons. The molecule has 1 aromatic rings. The summed E-state index contributed by atoms with van der Waals surface area (Å²) in [5.74, 6) is -1.02. The normalized spacial score (nSPS) is 9.50. The molecule has 4 nitrogen and oxygen atoms in total. The molecular formula is C7H7ClN2O2. The predicted molar refractivity (Wildman–Crippen MR) is 45.8 cm³/mol. The van der Waals surface area contributed by atoms with Gasteiger partial charge in [0.15, 0.2) is 5.15 Å². The van der Waals surface area contributed by atoms with Crippen molar-refractivity contribution in [1.82, 2.24) is 4.98 Å². The number of nitrogens with zero attached hydrogens (tertiary/aromatic N) is 1. The lowest BCUT2D eigenvalue weighted by Gasteiger charge is -2.05. The summed E-state index contributed by atoms with van der Waals surface area (Å²) < 4.78 is 0. The summed E-state index contributed by atoms with van der Waals surface area (Å²) in [6.07, 6.45) is 1.35. The van der Waals surface area contributed by atoms with E-state index in [4.69, 9.17) is 16.7 Å². The molecule has 1 rings (SSSR count). The molecule has 5 heteroatoms. The summed E-state index contributed by atoms with van der Waals surface area (Å²) >= 11 is 5.64. The zero-order chi connectivity index (χ0) is 9.14. The first kappa shape index (κ1) is 8.80. The van der Waals surface area contributed by atoms with Crippen LogP contribution in [0.2, 0.25) is 5.15 Å². The Labute approximate surface area is 74.2 Å². The van der Waals surface area contributed by atoms with Crippen molar-refractivity contribution in [1.29, 1.82) is 0 Å². The molecule has 0 aliphatic heterocycles. The van der Waals surface area contributed by atoms with Crippen LogP contribution < -0.4 is 5.32 Å². The van der Waals surface area contributed by atoms with Gasteiger partial charge >= 0.3 is 5.97 Å². The first-order valence-corrected chi connectivity index (χ1v) is 3.60. The van der Waals surface area contributed by atoms with Crippen molar-refractivity contribution in [2.24, 2.45) is 0 Å². The molecule has 64 valence electrons. The fourth-order valence-electron chi connectivity index (χ4n) is 0.852. The maximum absolute atomic E-state index is 10.6. The largest absolute Gasteiger partial charge is 0.478 e. The van der Waals surface area contributed by atoms with Gasteiger partial charge < -0.3 is 10.4 Å². The Hall–Kier alpha value is -1.29. The lowest BCUT2D eigenvalue weighted by Crippen LogP contribution is -2.03. The molecule has 0 amide bonds. The number of rotatable bonds is 2. The van der Waals surface area contributed by atoms with Crippen molar-refractivity contribution in [2.75, 3.05) is 12.4 Å². The highest BCUT2D eigenvalue weighted by molar-refractivity contribution is 6.32. The molecule has 0 aliphatic rings. The van der Waals surface area contributed by atoms with E-state index in [1.54, 1.807) is 7.05 Å². The van der Waals surface area contributed by atoms with Gasteiger partial charge in [-0.1, -0.05) is 11.6 Å². The number of hydrogen-bond acceptors (Lipinski definition) is 3. The predicted octanol–water partition coefficient (Wildman–Crippen LogP) is 1.47. The topological polar surface area (TPSA) is 62.2 Å². The molecule has 1 heterocycles. The highest BCUT2D eigenvalue weighted by Crippen LogP contribution is 2.22. The second-order valence-electron chi connectivity index (χ2n) is 2.08. The van der Waals surface area contributed by atoms with E-state index >= 15 is 0 Å². The number of pyridine rings is 1. The van der Waals surface area contributed by atoms with E-state index < -0.39 is 5.97 Å². The van der Waals surface area contributed by atoms with Crippen molar-refractivity contribution in [3.63, 3.8) is 0 Å². The standard InChI is InChI=1S/C7H7ClN2O2/c1-9-5-4(7(11)12)2-3-10-6(5)8/h2-3,9H,1H3,(H,11,12). The molecule has 0 saturated heterocycles. The first-order chi connectivity index (χ1) is 5.66. The van der Waals surface area contributed by atoms with Crippen LogP contribution in [0.4, 0.5) is 5.69 Å². The van der Waals surface area contributed by atoms with E-state index in [1.165, 1.54) is 12.3 Å². The van der Waals surface area contributed by atoms with E-state index in [0.29, 0.717) is 5.69 Å². The number of aromatic carboxylic acids is 1. The Balaban J connectivity index is 3.27. The zero-order valence-electron chi connectivity index (χ0n) is 6.34. The third kappa shape index (κ3) is 1.48. The van der Waals surface area contributed by atoms with Gasteiger partial charge in [-0.3, -0.25) is 0 Å². The highest BCUT2D eigenvalue weighted by atomic mass is 35.5. The minimum absolute atomic E-state index is 0.123. The second-order valence-corrected chi connectivity index (χ2v) is 2.44. The number of carboxylic acids is 1. The summed E-state index contributed by atoms with van der Waals surface area (Å²) in [5.41, 5.74) is 0.462. The lowest BCUT2D eigenvalue weighted by atomic mass is 10.2. The van der Waals surface area contributed by atoms with Crippen LogP contribution in [0.15, 0.2) is 12.3 Å². The Morgan fingerprint density at radius 2 is 2.42 bits per heavy atom. The van der Waals surface area contributed by atoms with E-state index in [9.17, 15) is 4.79 Å². The van der Waals surface area contributed by atoms with Crippen LogP contribution in [0, 0.1) is 0 Å². The van der Waals surface area contributed by atoms with E-state index in [-0.39, 0.29) is 10.7 Å². The van der Waals surface area contributed by atoms with Crippen LogP contribution >= 0.6 is 11.6 Å². The maximum atomic E-state index is 10.6. The minimum Gasteiger partial charge on any atom is -0.478 e. The van der Waals surface area contributed by atoms with Crippen LogP contribution in [0.1, 0.15) is 10.4 Å². The molecule has 0 aromatic carbocycles. The molecule has 0 bridgehead atoms. The molecule has 0 atom stereocenters. The van der Waals surface area contributed by atoms with Gasteiger partial charge in [-0.05, 0) is 6.07 Å². The highest BCUT2D eigenvalue weighted by Gasteiger charge is 2.11. The van der Waals surface area contributed by atoms with Crippen molar-refractivity contribution >= 4 is 23.3 Å². The van der Waals surface area contributed by atoms with Gasteiger partial charge in [-0.25, -0.2) is 9.78 Å². The van der Waals surface area contributed by atoms with Gasteiger partial charge in [0.1, 0.15) is 0 Å². The van der Waals surface area contributed by atoms with Crippen LogP contribution in [0.25, 0.3) is 0 Å². The number of hydrogen-bond donors (Lipinski definition) is 2. The molecule has 0 unspecified atom stereocenters. The molecule has 2 N–H and O–H groups in total. The molecule has 0 aliphatic carbocycles. The molecule has 0 fully saturated rings. The molecular weight excluding hydrogens is 180 g/mol. The Morgan fingerprint density at radius 1 is 1.75 bits per heavy atom. The summed E-state index contributed by atoms with van der Waals surface area (Å²) in [5, 5.41) is 11.5. The number of anilines is 1. The Morgan fingerprint density at radius 3 is 2.83 bits per heavy atom. The Kier molecular flexibility index (Phi) is 2.50. The van der Waals surface area contributed by atoms with Gasteiger partial charge in [0.25, 0.3) is 0 Å². The monoisotopic (exact) mass is 186 g/mol. The van der Waals surface area contributed by atoms with Crippen molar-refractivity contribution in [3.05, 3.63) is 23.0 Å². The number of nitrogens with one attached hydrogen (secondary N) is 1. The van der Waals surface area contributed by atoms with Gasteiger partial charge in [-0.15, -0.1) is 0 Å².